The second kappa shape index (κ2) is 10.6. The van der Waals surface area contributed by atoms with Crippen LogP contribution in [-0.2, 0) is 4.74 Å². The summed E-state index contributed by atoms with van der Waals surface area (Å²) < 4.78 is 13.0. The van der Waals surface area contributed by atoms with Gasteiger partial charge in [-0.25, -0.2) is 4.79 Å². The number of ether oxygens (including phenoxy) is 2. The molecule has 180 valence electrons. The number of carboxylic acids is 1. The molecule has 0 aliphatic carbocycles. The fourth-order valence-corrected chi connectivity index (χ4v) is 4.83. The Morgan fingerprint density at radius 3 is 2.45 bits per heavy atom. The van der Waals surface area contributed by atoms with Crippen LogP contribution < -0.4 is 15.1 Å². The van der Waals surface area contributed by atoms with Gasteiger partial charge in [0.25, 0.3) is 0 Å². The second-order valence-electron chi connectivity index (χ2n) is 8.68. The van der Waals surface area contributed by atoms with Crippen LogP contribution in [0.15, 0.2) is 29.2 Å². The zero-order valence-electron chi connectivity index (χ0n) is 19.9. The van der Waals surface area contributed by atoms with Crippen molar-refractivity contribution < 1.29 is 19.4 Å². The molecule has 1 N–H and O–H groups in total. The molecule has 0 fully saturated rings. The summed E-state index contributed by atoms with van der Waals surface area (Å²) in [6.45, 7) is 9.57. The largest absolute Gasteiger partial charge is 0.492 e. The van der Waals surface area contributed by atoms with Gasteiger partial charge < -0.3 is 24.0 Å². The molecule has 0 amide bonds. The van der Waals surface area contributed by atoms with Gasteiger partial charge in [0.15, 0.2) is 5.43 Å². The van der Waals surface area contributed by atoms with Gasteiger partial charge in [-0.2, -0.15) is 0 Å². The highest BCUT2D eigenvalue weighted by atomic mass is 35.5. The third-order valence-electron chi connectivity index (χ3n) is 6.17. The fraction of sp³-hybridized carbons (Fsp3) is 0.520. The number of rotatable bonds is 10. The van der Waals surface area contributed by atoms with E-state index in [4.69, 9.17) is 21.1 Å². The van der Waals surface area contributed by atoms with Crippen molar-refractivity contribution in [1.29, 1.82) is 0 Å². The van der Waals surface area contributed by atoms with E-state index in [1.165, 1.54) is 12.3 Å². The number of anilines is 1. The minimum atomic E-state index is -1.23. The predicted molar refractivity (Wildman–Crippen MR) is 131 cm³/mol. The number of methoxy groups -OCH3 is 1. The van der Waals surface area contributed by atoms with Gasteiger partial charge in [-0.3, -0.25) is 4.79 Å². The highest BCUT2D eigenvalue weighted by Gasteiger charge is 2.37. The topological polar surface area (TPSA) is 81.0 Å². The fourth-order valence-electron chi connectivity index (χ4n) is 4.62. The quantitative estimate of drug-likeness (QED) is 0.459. The summed E-state index contributed by atoms with van der Waals surface area (Å²) >= 11 is 6.60. The Labute approximate surface area is 199 Å². The van der Waals surface area contributed by atoms with Gasteiger partial charge in [-0.15, -0.1) is 0 Å². The van der Waals surface area contributed by atoms with E-state index in [1.54, 1.807) is 7.11 Å². The molecule has 1 atom stereocenters. The summed E-state index contributed by atoms with van der Waals surface area (Å²) in [6, 6.07) is 5.40. The van der Waals surface area contributed by atoms with Crippen molar-refractivity contribution >= 4 is 23.3 Å². The number of nitrogens with zero attached hydrogens (tertiary/aromatic N) is 2. The van der Waals surface area contributed by atoms with Crippen LogP contribution >= 0.6 is 11.6 Å². The average Bonchev–Trinajstić information content (AvgIpc) is 2.77. The van der Waals surface area contributed by atoms with E-state index in [0.717, 1.165) is 30.5 Å². The maximum Gasteiger partial charge on any atom is 0.341 e. The lowest BCUT2D eigenvalue weighted by Gasteiger charge is -2.47. The normalized spacial score (nSPS) is 15.0. The summed E-state index contributed by atoms with van der Waals surface area (Å²) in [5.41, 5.74) is 1.64. The smallest absolute Gasteiger partial charge is 0.341 e. The van der Waals surface area contributed by atoms with Crippen molar-refractivity contribution in [3.63, 3.8) is 0 Å². The maximum absolute atomic E-state index is 12.6. The summed E-state index contributed by atoms with van der Waals surface area (Å²) in [6.07, 6.45) is 3.87. The van der Waals surface area contributed by atoms with E-state index in [2.05, 4.69) is 32.6 Å². The molecule has 2 heterocycles. The lowest BCUT2D eigenvalue weighted by molar-refractivity contribution is 0.0694. The second-order valence-corrected chi connectivity index (χ2v) is 9.09. The molecule has 0 saturated carbocycles. The zero-order valence-corrected chi connectivity index (χ0v) is 20.7. The third kappa shape index (κ3) is 4.89. The lowest BCUT2D eigenvalue weighted by atomic mass is 9.94. The Hall–Kier alpha value is -2.51. The van der Waals surface area contributed by atoms with Crippen LogP contribution in [0.1, 0.15) is 63.5 Å². The molecule has 0 bridgehead atoms. The number of carboxylic acid groups (broad SMARTS) is 1. The van der Waals surface area contributed by atoms with Crippen molar-refractivity contribution in [1.82, 2.24) is 4.57 Å². The maximum atomic E-state index is 12.6. The van der Waals surface area contributed by atoms with Gasteiger partial charge in [-0.1, -0.05) is 39.3 Å². The van der Waals surface area contributed by atoms with E-state index >= 15 is 0 Å². The van der Waals surface area contributed by atoms with E-state index in [1.807, 2.05) is 16.7 Å². The van der Waals surface area contributed by atoms with Crippen LogP contribution in [0.5, 0.6) is 5.75 Å². The van der Waals surface area contributed by atoms with E-state index in [9.17, 15) is 14.7 Å². The number of hydrogen-bond acceptors (Lipinski definition) is 5. The van der Waals surface area contributed by atoms with Gasteiger partial charge in [0.05, 0.1) is 23.0 Å². The first-order valence-corrected chi connectivity index (χ1v) is 11.9. The van der Waals surface area contributed by atoms with Gasteiger partial charge in [0, 0.05) is 50.1 Å². The molecule has 1 aromatic heterocycles. The Balaban J connectivity index is 2.26. The van der Waals surface area contributed by atoms with E-state index in [0.29, 0.717) is 29.7 Å². The Bertz CT molecular complexity index is 1060. The first kappa shape index (κ1) is 25.1. The minimum Gasteiger partial charge on any atom is -0.492 e. The number of aromatic carboxylic acids is 1. The third-order valence-corrected chi connectivity index (χ3v) is 6.46. The Morgan fingerprint density at radius 1 is 1.18 bits per heavy atom. The highest BCUT2D eigenvalue weighted by molar-refractivity contribution is 6.32. The van der Waals surface area contributed by atoms with E-state index < -0.39 is 11.4 Å². The van der Waals surface area contributed by atoms with Crippen LogP contribution in [-0.4, -0.2) is 42.0 Å². The van der Waals surface area contributed by atoms with Gasteiger partial charge in [-0.05, 0) is 24.8 Å². The Kier molecular flexibility index (Phi) is 8.08. The van der Waals surface area contributed by atoms with Gasteiger partial charge in [0.1, 0.15) is 17.5 Å². The molecule has 8 heteroatoms. The van der Waals surface area contributed by atoms with Crippen LogP contribution in [0.3, 0.4) is 0 Å². The molecule has 33 heavy (non-hydrogen) atoms. The number of hydrogen-bond donors (Lipinski definition) is 1. The average molecular weight is 477 g/mol. The van der Waals surface area contributed by atoms with Crippen LogP contribution in [0.4, 0.5) is 5.69 Å². The monoisotopic (exact) mass is 476 g/mol. The summed E-state index contributed by atoms with van der Waals surface area (Å²) in [5.74, 6) is -0.498. The first-order valence-electron chi connectivity index (χ1n) is 11.5. The molecule has 2 aromatic rings. The number of pyridine rings is 1. The summed E-state index contributed by atoms with van der Waals surface area (Å²) in [5, 5.41) is 10.0. The summed E-state index contributed by atoms with van der Waals surface area (Å²) in [4.78, 5) is 26.7. The molecule has 1 aliphatic heterocycles. The zero-order chi connectivity index (χ0) is 24.3. The molecule has 3 rings (SSSR count). The van der Waals surface area contributed by atoms with Crippen molar-refractivity contribution in [2.24, 2.45) is 5.92 Å². The van der Waals surface area contributed by atoms with Gasteiger partial charge >= 0.3 is 5.97 Å². The van der Waals surface area contributed by atoms with Crippen LogP contribution in [0.25, 0.3) is 11.3 Å². The van der Waals surface area contributed by atoms with Crippen LogP contribution in [0.2, 0.25) is 5.02 Å². The molecule has 1 aliphatic rings. The molecule has 1 unspecified atom stereocenters. The molecule has 0 radical (unpaired) electrons. The van der Waals surface area contributed by atoms with Crippen molar-refractivity contribution in [3.8, 4) is 17.0 Å². The minimum absolute atomic E-state index is 0.142. The van der Waals surface area contributed by atoms with Crippen molar-refractivity contribution in [2.45, 2.75) is 59.2 Å². The molecular formula is C25H33ClN2O5. The number of halogens is 1. The number of carbonyl (C=O) groups is 1. The molecule has 7 nitrogen and oxygen atoms in total. The molecular weight excluding hydrogens is 444 g/mol. The van der Waals surface area contributed by atoms with Crippen molar-refractivity contribution in [3.05, 3.63) is 45.2 Å². The summed E-state index contributed by atoms with van der Waals surface area (Å²) in [7, 11) is 1.65. The predicted octanol–water partition coefficient (Wildman–Crippen LogP) is 5.45. The standard InChI is InChI=1S/C25H33ClN2O5/c1-6-16(7-2)28-21-13-23(33-10-8-9-32-5)19(26)11-17(21)20-12-22(29)18(25(30)31)14-27(20)24(28)15(3)4/h11-16,24H,6-10H2,1-5H3,(H,30,31). The SMILES string of the molecule is CCC(CC)N1c2cc(OCCCOC)c(Cl)cc2-c2cc(=O)c(C(=O)O)cn2C1C(C)C. The number of benzene rings is 1. The van der Waals surface area contributed by atoms with Crippen LogP contribution in [0, 0.1) is 5.92 Å². The van der Waals surface area contributed by atoms with Gasteiger partial charge in [0.2, 0.25) is 0 Å². The lowest BCUT2D eigenvalue weighted by Crippen LogP contribution is -2.46. The number of aromatic nitrogens is 1. The molecule has 0 saturated heterocycles. The first-order chi connectivity index (χ1) is 15.7. The van der Waals surface area contributed by atoms with E-state index in [-0.39, 0.29) is 23.7 Å². The number of fused-ring (bicyclic) bond motifs is 3. The van der Waals surface area contributed by atoms with Crippen molar-refractivity contribution in [2.75, 3.05) is 25.2 Å². The Morgan fingerprint density at radius 2 is 1.88 bits per heavy atom. The highest BCUT2D eigenvalue weighted by Crippen LogP contribution is 2.48. The molecule has 0 spiro atoms. The molecule has 1 aromatic carbocycles.